The minimum absolute atomic E-state index is 0.423. The Kier molecular flexibility index (Phi) is 4.19. The Bertz CT molecular complexity index is 376. The molecule has 3 fully saturated rings. The minimum Gasteiger partial charge on any atom is -0.330 e. The fourth-order valence-corrected chi connectivity index (χ4v) is 6.86. The summed E-state index contributed by atoms with van der Waals surface area (Å²) in [6.07, 6.45) is 11.7. The molecule has 2 N–H and O–H groups in total. The van der Waals surface area contributed by atoms with E-state index in [0.29, 0.717) is 10.8 Å². The molecule has 1 nitrogen and oxygen atoms in total. The average Bonchev–Trinajstić information content (AvgIpc) is 2.46. The summed E-state index contributed by atoms with van der Waals surface area (Å²) in [7, 11) is 0. The van der Waals surface area contributed by atoms with E-state index < -0.39 is 0 Å². The zero-order valence-corrected chi connectivity index (χ0v) is 14.8. The molecule has 5 unspecified atom stereocenters. The van der Waals surface area contributed by atoms with Crippen molar-refractivity contribution in [1.82, 2.24) is 0 Å². The number of hydrogen-bond acceptors (Lipinski definition) is 1. The molecule has 3 aliphatic rings. The lowest BCUT2D eigenvalue weighted by molar-refractivity contribution is -0.119. The topological polar surface area (TPSA) is 26.0 Å². The average molecular weight is 292 g/mol. The third-order valence-corrected chi connectivity index (χ3v) is 8.21. The second-order valence-electron chi connectivity index (χ2n) is 9.53. The third kappa shape index (κ3) is 2.48. The van der Waals surface area contributed by atoms with Crippen molar-refractivity contribution in [2.24, 2.45) is 46.2 Å². The van der Waals surface area contributed by atoms with Crippen LogP contribution in [0.15, 0.2) is 0 Å². The van der Waals surface area contributed by atoms with Gasteiger partial charge in [-0.2, -0.15) is 0 Å². The Morgan fingerprint density at radius 3 is 2.48 bits per heavy atom. The minimum atomic E-state index is 0.423. The van der Waals surface area contributed by atoms with Gasteiger partial charge in [0.15, 0.2) is 0 Å². The molecule has 0 spiro atoms. The monoisotopic (exact) mass is 291 g/mol. The molecule has 0 amide bonds. The van der Waals surface area contributed by atoms with E-state index in [1.807, 2.05) is 0 Å². The molecule has 21 heavy (non-hydrogen) atoms. The van der Waals surface area contributed by atoms with E-state index in [-0.39, 0.29) is 0 Å². The molecule has 0 heterocycles. The van der Waals surface area contributed by atoms with E-state index in [9.17, 15) is 0 Å². The van der Waals surface area contributed by atoms with Gasteiger partial charge in [0.2, 0.25) is 0 Å². The zero-order valence-electron chi connectivity index (χ0n) is 14.8. The van der Waals surface area contributed by atoms with Crippen molar-refractivity contribution in [2.45, 2.75) is 79.1 Å². The van der Waals surface area contributed by atoms with Gasteiger partial charge in [-0.05, 0) is 91.9 Å². The van der Waals surface area contributed by atoms with Gasteiger partial charge in [-0.15, -0.1) is 0 Å². The van der Waals surface area contributed by atoms with Gasteiger partial charge in [0.05, 0.1) is 0 Å². The van der Waals surface area contributed by atoms with Crippen LogP contribution in [0.5, 0.6) is 0 Å². The summed E-state index contributed by atoms with van der Waals surface area (Å²) < 4.78 is 0. The summed E-state index contributed by atoms with van der Waals surface area (Å²) in [5.41, 5.74) is 7.25. The van der Waals surface area contributed by atoms with E-state index in [2.05, 4.69) is 27.7 Å². The summed E-state index contributed by atoms with van der Waals surface area (Å²) in [6, 6.07) is 0. The lowest BCUT2D eigenvalue weighted by Gasteiger charge is -2.62. The van der Waals surface area contributed by atoms with Gasteiger partial charge in [0, 0.05) is 0 Å². The number of fused-ring (bicyclic) bond motifs is 3. The molecule has 122 valence electrons. The first-order valence-corrected chi connectivity index (χ1v) is 9.61. The lowest BCUT2D eigenvalue weighted by Crippen LogP contribution is -2.55. The molecule has 3 rings (SSSR count). The van der Waals surface area contributed by atoms with Crippen molar-refractivity contribution >= 4 is 0 Å². The fraction of sp³-hybridized carbons (Fsp3) is 1.00. The van der Waals surface area contributed by atoms with Crippen LogP contribution in [-0.2, 0) is 0 Å². The van der Waals surface area contributed by atoms with Gasteiger partial charge < -0.3 is 5.73 Å². The predicted molar refractivity (Wildman–Crippen MR) is 91.0 cm³/mol. The van der Waals surface area contributed by atoms with Gasteiger partial charge in [-0.25, -0.2) is 0 Å². The first-order valence-electron chi connectivity index (χ1n) is 9.61. The molecule has 0 bridgehead atoms. The van der Waals surface area contributed by atoms with Crippen LogP contribution in [0.25, 0.3) is 0 Å². The third-order valence-electron chi connectivity index (χ3n) is 8.21. The molecule has 1 heteroatoms. The number of hydrogen-bond donors (Lipinski definition) is 1. The van der Waals surface area contributed by atoms with Crippen molar-refractivity contribution in [3.05, 3.63) is 0 Å². The van der Waals surface area contributed by atoms with E-state index in [4.69, 9.17) is 5.73 Å². The molecule has 0 aromatic heterocycles. The Labute approximate surface area is 132 Å². The van der Waals surface area contributed by atoms with Crippen LogP contribution in [-0.4, -0.2) is 6.54 Å². The lowest BCUT2D eigenvalue weighted by atomic mass is 9.43. The Hall–Kier alpha value is -0.0400. The molecule has 6 atom stereocenters. The second-order valence-corrected chi connectivity index (χ2v) is 9.53. The van der Waals surface area contributed by atoms with Crippen molar-refractivity contribution in [3.63, 3.8) is 0 Å². The normalized spacial score (nSPS) is 50.6. The molecule has 0 aromatic carbocycles. The van der Waals surface area contributed by atoms with Crippen molar-refractivity contribution in [2.75, 3.05) is 6.54 Å². The van der Waals surface area contributed by atoms with Crippen LogP contribution >= 0.6 is 0 Å². The molecule has 0 aliphatic heterocycles. The van der Waals surface area contributed by atoms with Crippen molar-refractivity contribution < 1.29 is 0 Å². The van der Waals surface area contributed by atoms with Gasteiger partial charge in [-0.1, -0.05) is 34.1 Å². The van der Waals surface area contributed by atoms with E-state index in [0.717, 1.165) is 36.1 Å². The SMILES string of the molecule is CC(C)C1CCC2C(CCC3C(C)(CN)CCC[C@]23C)C1. The highest BCUT2D eigenvalue weighted by Crippen LogP contribution is 2.64. The highest BCUT2D eigenvalue weighted by atomic mass is 14.7. The summed E-state index contributed by atoms with van der Waals surface area (Å²) in [5.74, 6) is 4.79. The predicted octanol–water partition coefficient (Wildman–Crippen LogP) is 5.24. The molecule has 0 aromatic rings. The maximum absolute atomic E-state index is 6.23. The first-order chi connectivity index (χ1) is 9.90. The molecule has 3 saturated carbocycles. The standard InChI is InChI=1S/C20H37N/c1-14(2)15-6-8-17-16(12-15)7-9-18-19(3,13-21)10-5-11-20(17,18)4/h14-18H,5-13,21H2,1-4H3/t15?,16?,17?,18?,19?,20-/m1/s1. The van der Waals surface area contributed by atoms with Gasteiger partial charge >= 0.3 is 0 Å². The number of rotatable bonds is 2. The van der Waals surface area contributed by atoms with Crippen LogP contribution in [0, 0.1) is 40.4 Å². The Morgan fingerprint density at radius 2 is 1.81 bits per heavy atom. The maximum Gasteiger partial charge on any atom is -0.00203 e. The summed E-state index contributed by atoms with van der Waals surface area (Å²) >= 11 is 0. The van der Waals surface area contributed by atoms with E-state index >= 15 is 0 Å². The van der Waals surface area contributed by atoms with Crippen LogP contribution in [0.4, 0.5) is 0 Å². The number of nitrogens with two attached hydrogens (primary N) is 1. The summed E-state index contributed by atoms with van der Waals surface area (Å²) in [5, 5.41) is 0. The van der Waals surface area contributed by atoms with E-state index in [1.165, 1.54) is 51.4 Å². The van der Waals surface area contributed by atoms with Crippen molar-refractivity contribution in [3.8, 4) is 0 Å². The summed E-state index contributed by atoms with van der Waals surface area (Å²) in [6.45, 7) is 10.9. The molecule has 0 radical (unpaired) electrons. The molecular weight excluding hydrogens is 254 g/mol. The summed E-state index contributed by atoms with van der Waals surface area (Å²) in [4.78, 5) is 0. The van der Waals surface area contributed by atoms with Crippen LogP contribution in [0.2, 0.25) is 0 Å². The maximum atomic E-state index is 6.23. The first kappa shape index (κ1) is 15.8. The Morgan fingerprint density at radius 1 is 1.05 bits per heavy atom. The van der Waals surface area contributed by atoms with Crippen LogP contribution in [0.1, 0.15) is 79.1 Å². The molecule has 3 aliphatic carbocycles. The zero-order chi connectivity index (χ0) is 15.3. The highest BCUT2D eigenvalue weighted by Gasteiger charge is 2.56. The quantitative estimate of drug-likeness (QED) is 0.739. The smallest absolute Gasteiger partial charge is 0.00203 e. The molecule has 0 saturated heterocycles. The fourth-order valence-electron chi connectivity index (χ4n) is 6.86. The van der Waals surface area contributed by atoms with E-state index in [1.54, 1.807) is 0 Å². The van der Waals surface area contributed by atoms with Gasteiger partial charge in [-0.3, -0.25) is 0 Å². The molecular formula is C20H37N. The Balaban J connectivity index is 1.82. The second kappa shape index (κ2) is 5.55. The highest BCUT2D eigenvalue weighted by molar-refractivity contribution is 5.06. The van der Waals surface area contributed by atoms with Crippen LogP contribution in [0.3, 0.4) is 0 Å². The van der Waals surface area contributed by atoms with Gasteiger partial charge in [0.25, 0.3) is 0 Å². The van der Waals surface area contributed by atoms with Gasteiger partial charge in [0.1, 0.15) is 0 Å². The van der Waals surface area contributed by atoms with Crippen LogP contribution < -0.4 is 5.73 Å². The largest absolute Gasteiger partial charge is 0.330 e. The van der Waals surface area contributed by atoms with Crippen molar-refractivity contribution in [1.29, 1.82) is 0 Å².